The SMILES string of the molecule is COC(=O)[C@](C)(Cc1ccc(Cl)nc1)OC. The van der Waals surface area contributed by atoms with E-state index in [9.17, 15) is 4.79 Å². The van der Waals surface area contributed by atoms with E-state index in [1.165, 1.54) is 14.2 Å². The van der Waals surface area contributed by atoms with E-state index in [1.54, 1.807) is 25.3 Å². The molecule has 0 spiro atoms. The van der Waals surface area contributed by atoms with Crippen LogP contribution in [-0.4, -0.2) is 30.8 Å². The van der Waals surface area contributed by atoms with Gasteiger partial charge >= 0.3 is 5.97 Å². The molecule has 1 aromatic rings. The Labute approximate surface area is 99.5 Å². The van der Waals surface area contributed by atoms with E-state index in [1.807, 2.05) is 0 Å². The van der Waals surface area contributed by atoms with Crippen molar-refractivity contribution in [1.29, 1.82) is 0 Å². The van der Waals surface area contributed by atoms with Crippen LogP contribution in [0.25, 0.3) is 0 Å². The van der Waals surface area contributed by atoms with Crippen LogP contribution in [0.2, 0.25) is 5.15 Å². The molecule has 0 aromatic carbocycles. The van der Waals surface area contributed by atoms with Gasteiger partial charge in [-0.15, -0.1) is 0 Å². The summed E-state index contributed by atoms with van der Waals surface area (Å²) in [5, 5.41) is 0.418. The summed E-state index contributed by atoms with van der Waals surface area (Å²) < 4.78 is 9.88. The summed E-state index contributed by atoms with van der Waals surface area (Å²) in [4.78, 5) is 15.5. The van der Waals surface area contributed by atoms with E-state index in [0.717, 1.165) is 5.56 Å². The van der Waals surface area contributed by atoms with Gasteiger partial charge in [-0.3, -0.25) is 0 Å². The van der Waals surface area contributed by atoms with E-state index in [0.29, 0.717) is 11.6 Å². The number of hydrogen-bond acceptors (Lipinski definition) is 4. The average molecular weight is 244 g/mol. The van der Waals surface area contributed by atoms with Crippen LogP contribution in [0.15, 0.2) is 18.3 Å². The molecular weight excluding hydrogens is 230 g/mol. The maximum atomic E-state index is 11.5. The second-order valence-electron chi connectivity index (χ2n) is 3.59. The molecule has 0 saturated heterocycles. The largest absolute Gasteiger partial charge is 0.467 e. The maximum Gasteiger partial charge on any atom is 0.338 e. The van der Waals surface area contributed by atoms with Crippen molar-refractivity contribution in [3.8, 4) is 0 Å². The highest BCUT2D eigenvalue weighted by molar-refractivity contribution is 6.29. The highest BCUT2D eigenvalue weighted by Gasteiger charge is 2.34. The van der Waals surface area contributed by atoms with Gasteiger partial charge in [0.2, 0.25) is 0 Å². The number of pyridine rings is 1. The Bertz CT molecular complexity index is 366. The minimum absolute atomic E-state index is 0.389. The first-order valence-electron chi connectivity index (χ1n) is 4.76. The third-order valence-corrected chi connectivity index (χ3v) is 2.62. The molecule has 0 aliphatic rings. The zero-order valence-electron chi connectivity index (χ0n) is 9.49. The summed E-state index contributed by atoms with van der Waals surface area (Å²) in [6, 6.07) is 3.47. The van der Waals surface area contributed by atoms with E-state index in [4.69, 9.17) is 21.1 Å². The van der Waals surface area contributed by atoms with E-state index in [-0.39, 0.29) is 0 Å². The number of halogens is 1. The predicted molar refractivity (Wildman–Crippen MR) is 60.4 cm³/mol. The number of nitrogens with zero attached hydrogens (tertiary/aromatic N) is 1. The van der Waals surface area contributed by atoms with Gasteiger partial charge in [0.1, 0.15) is 5.15 Å². The third kappa shape index (κ3) is 2.93. The van der Waals surface area contributed by atoms with Crippen LogP contribution in [0.5, 0.6) is 0 Å². The van der Waals surface area contributed by atoms with Crippen molar-refractivity contribution in [2.45, 2.75) is 18.9 Å². The predicted octanol–water partition coefficient (Wildman–Crippen LogP) is 1.86. The summed E-state index contributed by atoms with van der Waals surface area (Å²) in [6.07, 6.45) is 2.00. The lowest BCUT2D eigenvalue weighted by molar-refractivity contribution is -0.163. The monoisotopic (exact) mass is 243 g/mol. The van der Waals surface area contributed by atoms with Crippen LogP contribution < -0.4 is 0 Å². The molecule has 0 saturated carbocycles. The van der Waals surface area contributed by atoms with Crippen molar-refractivity contribution >= 4 is 17.6 Å². The topological polar surface area (TPSA) is 48.4 Å². The molecule has 0 bridgehead atoms. The van der Waals surface area contributed by atoms with Crippen molar-refractivity contribution < 1.29 is 14.3 Å². The Hall–Kier alpha value is -1.13. The van der Waals surface area contributed by atoms with Gasteiger partial charge in [0, 0.05) is 19.7 Å². The quantitative estimate of drug-likeness (QED) is 0.598. The standard InChI is InChI=1S/C11H14ClNO3/c1-11(16-3,10(14)15-2)6-8-4-5-9(12)13-7-8/h4-5,7H,6H2,1-3H3/t11-/m0/s1. The molecule has 88 valence electrons. The Morgan fingerprint density at radius 1 is 1.50 bits per heavy atom. The van der Waals surface area contributed by atoms with Crippen LogP contribution in [0, 0.1) is 0 Å². The van der Waals surface area contributed by atoms with Gasteiger partial charge in [0.15, 0.2) is 5.60 Å². The molecule has 0 aliphatic heterocycles. The summed E-state index contributed by atoms with van der Waals surface area (Å²) in [5.41, 5.74) is -0.135. The molecule has 0 unspecified atom stereocenters. The molecule has 0 amide bonds. The van der Waals surface area contributed by atoms with Crippen molar-refractivity contribution in [2.24, 2.45) is 0 Å². The lowest BCUT2D eigenvalue weighted by Crippen LogP contribution is -2.40. The molecule has 0 aliphatic carbocycles. The van der Waals surface area contributed by atoms with Gasteiger partial charge in [-0.2, -0.15) is 0 Å². The summed E-state index contributed by atoms with van der Waals surface area (Å²) in [6.45, 7) is 1.67. The van der Waals surface area contributed by atoms with Crippen LogP contribution in [0.4, 0.5) is 0 Å². The lowest BCUT2D eigenvalue weighted by atomic mass is 9.97. The van der Waals surface area contributed by atoms with Crippen molar-refractivity contribution in [1.82, 2.24) is 4.98 Å². The Balaban J connectivity index is 2.84. The Morgan fingerprint density at radius 2 is 2.19 bits per heavy atom. The second kappa shape index (κ2) is 5.27. The van der Waals surface area contributed by atoms with E-state index >= 15 is 0 Å². The fraction of sp³-hybridized carbons (Fsp3) is 0.455. The molecule has 5 heteroatoms. The minimum Gasteiger partial charge on any atom is -0.467 e. The maximum absolute atomic E-state index is 11.5. The number of aromatic nitrogens is 1. The minimum atomic E-state index is -0.996. The molecular formula is C11H14ClNO3. The van der Waals surface area contributed by atoms with Crippen LogP contribution >= 0.6 is 11.6 Å². The van der Waals surface area contributed by atoms with E-state index < -0.39 is 11.6 Å². The fourth-order valence-electron chi connectivity index (χ4n) is 1.34. The summed E-state index contributed by atoms with van der Waals surface area (Å²) in [5.74, 6) is -0.412. The number of rotatable bonds is 4. The Kier molecular flexibility index (Phi) is 4.26. The van der Waals surface area contributed by atoms with Gasteiger partial charge < -0.3 is 9.47 Å². The zero-order valence-corrected chi connectivity index (χ0v) is 10.2. The Morgan fingerprint density at radius 3 is 2.62 bits per heavy atom. The number of methoxy groups -OCH3 is 2. The summed E-state index contributed by atoms with van der Waals surface area (Å²) in [7, 11) is 2.81. The summed E-state index contributed by atoms with van der Waals surface area (Å²) >= 11 is 5.67. The molecule has 0 radical (unpaired) electrons. The van der Waals surface area contributed by atoms with Gasteiger partial charge in [-0.05, 0) is 18.6 Å². The van der Waals surface area contributed by atoms with Crippen molar-refractivity contribution in [3.63, 3.8) is 0 Å². The molecule has 0 fully saturated rings. The highest BCUT2D eigenvalue weighted by Crippen LogP contribution is 2.19. The van der Waals surface area contributed by atoms with Gasteiger partial charge in [0.05, 0.1) is 7.11 Å². The fourth-order valence-corrected chi connectivity index (χ4v) is 1.46. The number of carbonyl (C=O) groups excluding carboxylic acids is 1. The number of ether oxygens (including phenoxy) is 2. The number of hydrogen-bond donors (Lipinski definition) is 0. The van der Waals surface area contributed by atoms with Crippen LogP contribution in [-0.2, 0) is 20.7 Å². The van der Waals surface area contributed by atoms with Gasteiger partial charge in [-0.1, -0.05) is 17.7 Å². The van der Waals surface area contributed by atoms with Crippen molar-refractivity contribution in [2.75, 3.05) is 14.2 Å². The molecule has 4 nitrogen and oxygen atoms in total. The first-order valence-corrected chi connectivity index (χ1v) is 5.13. The molecule has 1 aromatic heterocycles. The molecule has 1 atom stereocenters. The smallest absolute Gasteiger partial charge is 0.338 e. The third-order valence-electron chi connectivity index (χ3n) is 2.40. The molecule has 1 heterocycles. The zero-order chi connectivity index (χ0) is 12.2. The average Bonchev–Trinajstić information content (AvgIpc) is 2.31. The second-order valence-corrected chi connectivity index (χ2v) is 3.98. The highest BCUT2D eigenvalue weighted by atomic mass is 35.5. The molecule has 16 heavy (non-hydrogen) atoms. The van der Waals surface area contributed by atoms with Crippen molar-refractivity contribution in [3.05, 3.63) is 29.0 Å². The first-order chi connectivity index (χ1) is 7.51. The van der Waals surface area contributed by atoms with Crippen LogP contribution in [0.3, 0.4) is 0 Å². The van der Waals surface area contributed by atoms with Gasteiger partial charge in [-0.25, -0.2) is 9.78 Å². The first kappa shape index (κ1) is 12.9. The normalized spacial score (nSPS) is 14.2. The van der Waals surface area contributed by atoms with Crippen LogP contribution in [0.1, 0.15) is 12.5 Å². The van der Waals surface area contributed by atoms with E-state index in [2.05, 4.69) is 4.98 Å². The van der Waals surface area contributed by atoms with Gasteiger partial charge in [0.25, 0.3) is 0 Å². The number of carbonyl (C=O) groups is 1. The number of esters is 1. The lowest BCUT2D eigenvalue weighted by Gasteiger charge is -2.24. The molecule has 1 rings (SSSR count). The molecule has 0 N–H and O–H groups in total.